The minimum absolute atomic E-state index is 0.00611. The molecule has 1 atom stereocenters. The van der Waals surface area contributed by atoms with Crippen LogP contribution in [0.5, 0.6) is 5.75 Å². The summed E-state index contributed by atoms with van der Waals surface area (Å²) in [6.07, 6.45) is 2.70. The molecule has 2 N–H and O–H groups in total. The molecule has 19 heavy (non-hydrogen) atoms. The zero-order valence-corrected chi connectivity index (χ0v) is 11.3. The van der Waals surface area contributed by atoms with Crippen molar-refractivity contribution in [2.24, 2.45) is 0 Å². The van der Waals surface area contributed by atoms with Gasteiger partial charge in [-0.2, -0.15) is 0 Å². The molecule has 4 heteroatoms. The molecule has 1 unspecified atom stereocenters. The van der Waals surface area contributed by atoms with Crippen LogP contribution < -0.4 is 10.1 Å². The van der Waals surface area contributed by atoms with Crippen LogP contribution in [0, 0.1) is 6.92 Å². The first-order valence-electron chi connectivity index (χ1n) is 6.84. The maximum Gasteiger partial charge on any atom is 0.220 e. The highest BCUT2D eigenvalue weighted by atomic mass is 16.5. The number of aliphatic hydroxyl groups is 1. The number of nitrogens with one attached hydrogen (secondary N) is 1. The van der Waals surface area contributed by atoms with E-state index in [-0.39, 0.29) is 18.6 Å². The molecule has 1 aromatic carbocycles. The monoisotopic (exact) mass is 263 g/mol. The van der Waals surface area contributed by atoms with Crippen LogP contribution in [0.4, 0.5) is 0 Å². The van der Waals surface area contributed by atoms with Gasteiger partial charge in [0.1, 0.15) is 5.75 Å². The Labute approximate surface area is 113 Å². The van der Waals surface area contributed by atoms with Gasteiger partial charge in [-0.05, 0) is 32.3 Å². The average molecular weight is 263 g/mol. The van der Waals surface area contributed by atoms with Gasteiger partial charge in [-0.15, -0.1) is 0 Å². The SMILES string of the molecule is Cc1ccc2c(c1)C(NC(=O)CCCO)CCCO2. The molecule has 0 bridgehead atoms. The fraction of sp³-hybridized carbons (Fsp3) is 0.533. The van der Waals surface area contributed by atoms with Crippen molar-refractivity contribution >= 4 is 5.91 Å². The Kier molecular flexibility index (Phi) is 4.80. The van der Waals surface area contributed by atoms with E-state index in [1.807, 2.05) is 19.1 Å². The second-order valence-electron chi connectivity index (χ2n) is 4.98. The van der Waals surface area contributed by atoms with Crippen LogP contribution in [0.2, 0.25) is 0 Å². The quantitative estimate of drug-likeness (QED) is 0.874. The molecule has 4 nitrogen and oxygen atoms in total. The molecule has 0 spiro atoms. The van der Waals surface area contributed by atoms with E-state index in [0.29, 0.717) is 19.4 Å². The fourth-order valence-electron chi connectivity index (χ4n) is 2.35. The maximum absolute atomic E-state index is 11.8. The number of benzene rings is 1. The Balaban J connectivity index is 2.12. The van der Waals surface area contributed by atoms with Crippen LogP contribution >= 0.6 is 0 Å². The van der Waals surface area contributed by atoms with Crippen LogP contribution in [0.25, 0.3) is 0 Å². The second kappa shape index (κ2) is 6.57. The molecule has 0 fully saturated rings. The van der Waals surface area contributed by atoms with E-state index in [4.69, 9.17) is 9.84 Å². The van der Waals surface area contributed by atoms with Crippen LogP contribution in [0.3, 0.4) is 0 Å². The second-order valence-corrected chi connectivity index (χ2v) is 4.98. The first kappa shape index (κ1) is 13.9. The highest BCUT2D eigenvalue weighted by molar-refractivity contribution is 5.76. The normalized spacial score (nSPS) is 18.1. The molecule has 0 aromatic heterocycles. The first-order chi connectivity index (χ1) is 9.20. The lowest BCUT2D eigenvalue weighted by Gasteiger charge is -2.19. The number of rotatable bonds is 4. The van der Waals surface area contributed by atoms with Gasteiger partial charge >= 0.3 is 0 Å². The molecule has 0 saturated carbocycles. The van der Waals surface area contributed by atoms with Gasteiger partial charge in [-0.1, -0.05) is 17.7 Å². The molecule has 1 amide bonds. The zero-order valence-electron chi connectivity index (χ0n) is 11.3. The lowest BCUT2D eigenvalue weighted by atomic mass is 10.00. The van der Waals surface area contributed by atoms with Crippen LogP contribution in [0.1, 0.15) is 42.9 Å². The van der Waals surface area contributed by atoms with Gasteiger partial charge in [0.25, 0.3) is 0 Å². The zero-order chi connectivity index (χ0) is 13.7. The molecule has 104 valence electrons. The minimum Gasteiger partial charge on any atom is -0.493 e. The summed E-state index contributed by atoms with van der Waals surface area (Å²) in [6.45, 7) is 2.78. The van der Waals surface area contributed by atoms with Gasteiger partial charge in [-0.3, -0.25) is 4.79 Å². The molecule has 1 aromatic rings. The molecule has 0 saturated heterocycles. The van der Waals surface area contributed by atoms with Crippen molar-refractivity contribution in [1.82, 2.24) is 5.32 Å². The molecular weight excluding hydrogens is 242 g/mol. The molecule has 0 aliphatic carbocycles. The molecule has 2 rings (SSSR count). The van der Waals surface area contributed by atoms with E-state index in [1.165, 1.54) is 5.56 Å². The summed E-state index contributed by atoms with van der Waals surface area (Å²) in [5.74, 6) is 0.865. The summed E-state index contributed by atoms with van der Waals surface area (Å²) in [5, 5.41) is 11.8. The molecule has 1 aliphatic rings. The Morgan fingerprint density at radius 1 is 1.53 bits per heavy atom. The van der Waals surface area contributed by atoms with Crippen LogP contribution in [0.15, 0.2) is 18.2 Å². The fourth-order valence-corrected chi connectivity index (χ4v) is 2.35. The Bertz CT molecular complexity index is 445. The number of aliphatic hydroxyl groups excluding tert-OH is 1. The molecular formula is C15H21NO3. The van der Waals surface area contributed by atoms with Gasteiger partial charge in [0.2, 0.25) is 5.91 Å². The maximum atomic E-state index is 11.8. The number of ether oxygens (including phenoxy) is 1. The highest BCUT2D eigenvalue weighted by Crippen LogP contribution is 2.32. The number of hydrogen-bond acceptors (Lipinski definition) is 3. The summed E-state index contributed by atoms with van der Waals surface area (Å²) in [4.78, 5) is 11.8. The number of aryl methyl sites for hydroxylation is 1. The van der Waals surface area contributed by atoms with Crippen molar-refractivity contribution in [2.75, 3.05) is 13.2 Å². The predicted molar refractivity (Wildman–Crippen MR) is 73.1 cm³/mol. The largest absolute Gasteiger partial charge is 0.493 e. The summed E-state index contributed by atoms with van der Waals surface area (Å²) in [6, 6.07) is 6.10. The molecule has 1 heterocycles. The van der Waals surface area contributed by atoms with Crippen LogP contribution in [-0.2, 0) is 4.79 Å². The molecule has 1 aliphatic heterocycles. The van der Waals surface area contributed by atoms with E-state index in [0.717, 1.165) is 24.2 Å². The van der Waals surface area contributed by atoms with Crippen LogP contribution in [-0.4, -0.2) is 24.2 Å². The topological polar surface area (TPSA) is 58.6 Å². The van der Waals surface area contributed by atoms with Crippen molar-refractivity contribution in [3.63, 3.8) is 0 Å². The number of fused-ring (bicyclic) bond motifs is 1. The summed E-state index contributed by atoms with van der Waals surface area (Å²) < 4.78 is 5.71. The average Bonchev–Trinajstić information content (AvgIpc) is 2.59. The van der Waals surface area contributed by atoms with Gasteiger partial charge < -0.3 is 15.2 Å². The van der Waals surface area contributed by atoms with E-state index in [9.17, 15) is 4.79 Å². The van der Waals surface area contributed by atoms with Gasteiger partial charge in [0.05, 0.1) is 12.6 Å². The van der Waals surface area contributed by atoms with E-state index >= 15 is 0 Å². The van der Waals surface area contributed by atoms with Crippen molar-refractivity contribution in [1.29, 1.82) is 0 Å². The van der Waals surface area contributed by atoms with Crippen molar-refractivity contribution in [3.05, 3.63) is 29.3 Å². The first-order valence-corrected chi connectivity index (χ1v) is 6.84. The summed E-state index contributed by atoms with van der Waals surface area (Å²) in [7, 11) is 0. The Hall–Kier alpha value is -1.55. The Morgan fingerprint density at radius 3 is 3.16 bits per heavy atom. The lowest BCUT2D eigenvalue weighted by molar-refractivity contribution is -0.122. The lowest BCUT2D eigenvalue weighted by Crippen LogP contribution is -2.28. The van der Waals surface area contributed by atoms with Crippen molar-refractivity contribution < 1.29 is 14.6 Å². The number of carbonyl (C=O) groups is 1. The van der Waals surface area contributed by atoms with Gasteiger partial charge in [-0.25, -0.2) is 0 Å². The third kappa shape index (κ3) is 3.70. The van der Waals surface area contributed by atoms with E-state index < -0.39 is 0 Å². The number of carbonyl (C=O) groups excluding carboxylic acids is 1. The predicted octanol–water partition coefficient (Wildman–Crippen LogP) is 2.10. The van der Waals surface area contributed by atoms with Crippen molar-refractivity contribution in [3.8, 4) is 5.75 Å². The van der Waals surface area contributed by atoms with Gasteiger partial charge in [0, 0.05) is 18.6 Å². The minimum atomic E-state index is -0.00611. The molecule has 0 radical (unpaired) electrons. The van der Waals surface area contributed by atoms with Crippen molar-refractivity contribution in [2.45, 2.75) is 38.6 Å². The third-order valence-corrected chi connectivity index (χ3v) is 3.33. The standard InChI is InChI=1S/C15H21NO3/c1-11-6-7-14-12(10-11)13(4-3-9-19-14)16-15(18)5-2-8-17/h6-7,10,13,17H,2-5,8-9H2,1H3,(H,16,18). The highest BCUT2D eigenvalue weighted by Gasteiger charge is 2.21. The van der Waals surface area contributed by atoms with E-state index in [2.05, 4.69) is 11.4 Å². The summed E-state index contributed by atoms with van der Waals surface area (Å²) in [5.41, 5.74) is 2.23. The summed E-state index contributed by atoms with van der Waals surface area (Å²) >= 11 is 0. The van der Waals surface area contributed by atoms with E-state index in [1.54, 1.807) is 0 Å². The smallest absolute Gasteiger partial charge is 0.220 e. The Morgan fingerprint density at radius 2 is 2.37 bits per heavy atom. The number of amides is 1. The van der Waals surface area contributed by atoms with Gasteiger partial charge in [0.15, 0.2) is 0 Å². The number of hydrogen-bond donors (Lipinski definition) is 2. The third-order valence-electron chi connectivity index (χ3n) is 3.33.